The molecule has 0 fully saturated rings. The van der Waals surface area contributed by atoms with Gasteiger partial charge in [-0.1, -0.05) is 92.5 Å². The minimum atomic E-state index is -0.859. The Morgan fingerprint density at radius 2 is 1.01 bits per heavy atom. The number of nitrogens with zero attached hydrogens (tertiary/aromatic N) is 6. The lowest BCUT2D eigenvalue weighted by Gasteiger charge is -2.35. The largest absolute Gasteiger partial charge is 0.468 e. The van der Waals surface area contributed by atoms with Crippen LogP contribution in [0.2, 0.25) is 0 Å². The van der Waals surface area contributed by atoms with Crippen molar-refractivity contribution in [3.8, 4) is 22.3 Å². The van der Waals surface area contributed by atoms with Crippen molar-refractivity contribution in [2.45, 2.75) is 125 Å². The first-order chi connectivity index (χ1) is 35.6. The van der Waals surface area contributed by atoms with Crippen LogP contribution < -0.4 is 22.9 Å². The average molecular weight is 1130 g/mol. The molecule has 4 aromatic carbocycles. The number of carbonyl (C=O) groups is 1. The first kappa shape index (κ1) is 52.7. The fraction of sp³-hybridized carbons (Fsp3) is 0.386. The van der Waals surface area contributed by atoms with E-state index < -0.39 is 11.1 Å². The van der Waals surface area contributed by atoms with Crippen LogP contribution in [0.25, 0.3) is 22.3 Å². The smallest absolute Gasteiger partial charge is 0.326 e. The molecule has 386 valence electrons. The highest BCUT2D eigenvalue weighted by Crippen LogP contribution is 2.43. The number of ether oxygens (including phenoxy) is 3. The standard InChI is InChI=1S/2C17H18N4O.C12H14BrNO2.C11H14BrNO/c2*1-11-17(21-16(18)22-11)6-5-15-12(7-17)3-2-4-14(15)13-8-19-10-20-9-13;1-16-11(15)12(14)6-5-9-8(7-12)3-2-4-10(9)13;12-10-3-1-2-8-6-11(13,7-14)5-4-9(8)10/h2*2-4,8-11H,5-7H2,1H3,(H2,18,21);2-4H,5-7,14H2,1H3;1-3,14H,4-7,13H2/t11-,17+;11-,17-;12-;11-/m1000/s1. The second kappa shape index (κ2) is 22.0. The maximum absolute atomic E-state index is 11.6. The van der Waals surface area contributed by atoms with Gasteiger partial charge in [-0.2, -0.15) is 0 Å². The normalized spacial score (nSPS) is 25.7. The number of aliphatic imine (C=N–C) groups is 2. The summed E-state index contributed by atoms with van der Waals surface area (Å²) in [4.78, 5) is 37.4. The van der Waals surface area contributed by atoms with E-state index in [-0.39, 0.29) is 35.9 Å². The number of aliphatic hydroxyl groups is 1. The summed E-state index contributed by atoms with van der Waals surface area (Å²) in [5, 5.41) is 9.21. The van der Waals surface area contributed by atoms with Gasteiger partial charge in [-0.25, -0.2) is 29.9 Å². The highest BCUT2D eigenvalue weighted by Gasteiger charge is 2.47. The molecule has 4 aliphatic carbocycles. The van der Waals surface area contributed by atoms with Crippen LogP contribution >= 0.6 is 31.9 Å². The van der Waals surface area contributed by atoms with Gasteiger partial charge < -0.3 is 42.3 Å². The Morgan fingerprint density at radius 3 is 1.43 bits per heavy atom. The van der Waals surface area contributed by atoms with E-state index in [4.69, 9.17) is 37.1 Å². The maximum Gasteiger partial charge on any atom is 0.326 e. The molecule has 0 bridgehead atoms. The van der Waals surface area contributed by atoms with Gasteiger partial charge >= 0.3 is 5.97 Å². The van der Waals surface area contributed by atoms with Crippen LogP contribution in [-0.2, 0) is 70.4 Å². The van der Waals surface area contributed by atoms with Gasteiger partial charge in [0.2, 0.25) is 0 Å². The molecule has 2 aliphatic heterocycles. The van der Waals surface area contributed by atoms with Gasteiger partial charge in [0.25, 0.3) is 12.0 Å². The van der Waals surface area contributed by atoms with Gasteiger partial charge in [-0.15, -0.1) is 0 Å². The van der Waals surface area contributed by atoms with Crippen molar-refractivity contribution in [2.24, 2.45) is 32.9 Å². The van der Waals surface area contributed by atoms with Gasteiger partial charge in [-0.05, 0) is 139 Å². The third kappa shape index (κ3) is 11.0. The molecule has 17 heteroatoms. The summed E-state index contributed by atoms with van der Waals surface area (Å²) < 4.78 is 18.2. The minimum absolute atomic E-state index is 0.0318. The number of hydrogen-bond acceptors (Lipinski definition) is 15. The molecule has 2 aromatic heterocycles. The Morgan fingerprint density at radius 1 is 0.608 bits per heavy atom. The quantitative estimate of drug-likeness (QED) is 0.107. The third-order valence-electron chi connectivity index (χ3n) is 15.8. The number of aromatic nitrogens is 4. The molecule has 74 heavy (non-hydrogen) atoms. The monoisotopic (exact) mass is 1130 g/mol. The molecular formula is C57H64Br2N10O5. The van der Waals surface area contributed by atoms with Crippen molar-refractivity contribution >= 4 is 49.9 Å². The number of benzene rings is 4. The van der Waals surface area contributed by atoms with Crippen molar-refractivity contribution in [1.82, 2.24) is 19.9 Å². The Balaban J connectivity index is 0.000000123. The maximum atomic E-state index is 11.6. The highest BCUT2D eigenvalue weighted by molar-refractivity contribution is 9.10. The average Bonchev–Trinajstić information content (AvgIpc) is 3.84. The number of hydrogen-bond donors (Lipinski definition) is 5. The number of esters is 1. The molecule has 0 amide bonds. The van der Waals surface area contributed by atoms with Crippen LogP contribution in [0.15, 0.2) is 129 Å². The second-order valence-electron chi connectivity index (χ2n) is 20.4. The zero-order chi connectivity index (χ0) is 52.3. The van der Waals surface area contributed by atoms with Crippen LogP contribution in [0.5, 0.6) is 0 Å². The number of rotatable bonds is 4. The number of halogens is 2. The minimum Gasteiger partial charge on any atom is -0.468 e. The fourth-order valence-electron chi connectivity index (χ4n) is 11.5. The summed E-state index contributed by atoms with van der Waals surface area (Å²) in [5.74, 6) is -0.321. The predicted octanol–water partition coefficient (Wildman–Crippen LogP) is 7.64. The van der Waals surface area contributed by atoms with E-state index in [9.17, 15) is 9.90 Å². The summed E-state index contributed by atoms with van der Waals surface area (Å²) in [6.07, 6.45) is 20.8. The molecule has 2 spiro atoms. The Kier molecular flexibility index (Phi) is 15.7. The Bertz CT molecular complexity index is 2950. The lowest BCUT2D eigenvalue weighted by Crippen LogP contribution is -2.52. The van der Waals surface area contributed by atoms with E-state index in [0.717, 1.165) is 89.8 Å². The van der Waals surface area contributed by atoms with E-state index in [0.29, 0.717) is 24.9 Å². The lowest BCUT2D eigenvalue weighted by atomic mass is 9.74. The van der Waals surface area contributed by atoms with Crippen molar-refractivity contribution in [2.75, 3.05) is 13.7 Å². The van der Waals surface area contributed by atoms with E-state index in [1.165, 1.54) is 57.2 Å². The van der Waals surface area contributed by atoms with E-state index >= 15 is 0 Å². The van der Waals surface area contributed by atoms with Crippen molar-refractivity contribution in [1.29, 1.82) is 0 Å². The number of fused-ring (bicyclic) bond motifs is 4. The molecule has 0 unspecified atom stereocenters. The molecule has 0 saturated carbocycles. The number of methoxy groups -OCH3 is 1. The summed E-state index contributed by atoms with van der Waals surface area (Å²) in [7, 11) is 1.38. The van der Waals surface area contributed by atoms with Crippen LogP contribution in [-0.4, -0.2) is 91.1 Å². The molecular weight excluding hydrogens is 1060 g/mol. The Labute approximate surface area is 449 Å². The van der Waals surface area contributed by atoms with Crippen LogP contribution in [0, 0.1) is 0 Å². The van der Waals surface area contributed by atoms with E-state index in [1.807, 2.05) is 49.1 Å². The van der Waals surface area contributed by atoms with Gasteiger partial charge in [-0.3, -0.25) is 4.79 Å². The van der Waals surface area contributed by atoms with Gasteiger partial charge in [0.15, 0.2) is 0 Å². The van der Waals surface area contributed by atoms with Crippen LogP contribution in [0.3, 0.4) is 0 Å². The predicted molar refractivity (Wildman–Crippen MR) is 294 cm³/mol. The zero-order valence-electron chi connectivity index (χ0n) is 42.1. The molecule has 4 heterocycles. The summed E-state index contributed by atoms with van der Waals surface area (Å²) in [6, 6.07) is 25.6. The zero-order valence-corrected chi connectivity index (χ0v) is 45.2. The van der Waals surface area contributed by atoms with Crippen LogP contribution in [0.1, 0.15) is 84.0 Å². The van der Waals surface area contributed by atoms with Crippen molar-refractivity contribution in [3.05, 3.63) is 164 Å². The summed E-state index contributed by atoms with van der Waals surface area (Å²) >= 11 is 7.05. The van der Waals surface area contributed by atoms with Gasteiger partial charge in [0.05, 0.1) is 13.7 Å². The van der Waals surface area contributed by atoms with Crippen molar-refractivity contribution < 1.29 is 24.1 Å². The molecule has 9 N–H and O–H groups in total. The van der Waals surface area contributed by atoms with E-state index in [1.54, 1.807) is 12.7 Å². The number of carbonyl (C=O) groups excluding carboxylic acids is 1. The van der Waals surface area contributed by atoms with Crippen LogP contribution in [0.4, 0.5) is 0 Å². The molecule has 6 atom stereocenters. The molecule has 15 nitrogen and oxygen atoms in total. The summed E-state index contributed by atoms with van der Waals surface area (Å²) in [6.45, 7) is 4.19. The Hall–Kier alpha value is -6.11. The molecule has 6 aliphatic rings. The topological polar surface area (TPSA) is 245 Å². The first-order valence-corrected chi connectivity index (χ1v) is 26.7. The molecule has 12 rings (SSSR count). The molecule has 6 aromatic rings. The van der Waals surface area contributed by atoms with Crippen molar-refractivity contribution in [3.63, 3.8) is 0 Å². The number of nitrogens with two attached hydrogens (primary N) is 4. The SMILES string of the molecule is COC(=O)[C@]1(N)CCc2c(Br)cccc2C1.C[C@@H]1OC(N)=N[C@]12CCc1c(cccc1-c1cncnc1)C2.C[C@H]1OC(N)=N[C@]12CCc1c(cccc1-c1cncnc1)C2.N[C@@]1(CO)CCc2c(Br)cccc2C1. The highest BCUT2D eigenvalue weighted by atomic mass is 79.9. The van der Waals surface area contributed by atoms with E-state index in [2.05, 4.69) is 124 Å². The first-order valence-electron chi connectivity index (χ1n) is 25.1. The third-order valence-corrected chi connectivity index (χ3v) is 17.2. The lowest BCUT2D eigenvalue weighted by molar-refractivity contribution is -0.147. The molecule has 0 saturated heterocycles. The van der Waals surface area contributed by atoms with Gasteiger partial charge in [0.1, 0.15) is 41.5 Å². The second-order valence-corrected chi connectivity index (χ2v) is 22.1. The van der Waals surface area contributed by atoms with Gasteiger partial charge in [0, 0.05) is 69.7 Å². The summed E-state index contributed by atoms with van der Waals surface area (Å²) in [5.41, 5.74) is 37.0. The number of amidine groups is 2. The molecule has 0 radical (unpaired) electrons. The number of aliphatic hydroxyl groups excluding tert-OH is 1. The fourth-order valence-corrected chi connectivity index (χ4v) is 12.7.